The van der Waals surface area contributed by atoms with Crippen molar-refractivity contribution in [2.75, 3.05) is 13.2 Å². The Bertz CT molecular complexity index is 420. The lowest BCUT2D eigenvalue weighted by atomic mass is 10.1. The topological polar surface area (TPSA) is 21.3 Å². The average Bonchev–Trinajstić information content (AvgIpc) is 2.37. The molecule has 0 aromatic heterocycles. The molecule has 1 rings (SSSR count). The molecule has 0 saturated carbocycles. The number of halogens is 4. The van der Waals surface area contributed by atoms with E-state index in [2.05, 4.69) is 5.32 Å². The Labute approximate surface area is 122 Å². The Morgan fingerprint density at radius 3 is 2.43 bits per heavy atom. The lowest BCUT2D eigenvalue weighted by molar-refractivity contribution is -0.139. The Kier molecular flexibility index (Phi) is 7.11. The van der Waals surface area contributed by atoms with Crippen molar-refractivity contribution in [1.29, 1.82) is 0 Å². The van der Waals surface area contributed by atoms with E-state index in [1.807, 2.05) is 13.8 Å². The van der Waals surface area contributed by atoms with Crippen molar-refractivity contribution < 1.29 is 22.3 Å². The number of nitrogens with one attached hydrogen (secondary N) is 1. The molecule has 1 N–H and O–H groups in total. The zero-order valence-electron chi connectivity index (χ0n) is 12.2. The van der Waals surface area contributed by atoms with Crippen LogP contribution in [-0.2, 0) is 4.74 Å². The van der Waals surface area contributed by atoms with Gasteiger partial charge in [0.05, 0.1) is 6.10 Å². The molecule has 0 heterocycles. The smallest absolute Gasteiger partial charge is 0.372 e. The van der Waals surface area contributed by atoms with Crippen LogP contribution in [0.2, 0.25) is 0 Å². The first kappa shape index (κ1) is 17.9. The van der Waals surface area contributed by atoms with Crippen LogP contribution in [0.15, 0.2) is 24.3 Å². The number of alkyl halides is 3. The number of benzene rings is 1. The summed E-state index contributed by atoms with van der Waals surface area (Å²) in [4.78, 5) is 0. The van der Waals surface area contributed by atoms with Crippen molar-refractivity contribution in [3.8, 4) is 0 Å². The van der Waals surface area contributed by atoms with Crippen LogP contribution >= 0.6 is 0 Å². The molecule has 21 heavy (non-hydrogen) atoms. The van der Waals surface area contributed by atoms with E-state index in [-0.39, 0.29) is 19.1 Å². The van der Waals surface area contributed by atoms with Gasteiger partial charge in [0.2, 0.25) is 0 Å². The van der Waals surface area contributed by atoms with Gasteiger partial charge in [0.15, 0.2) is 0 Å². The molecule has 2 nitrogen and oxygen atoms in total. The Morgan fingerprint density at radius 2 is 1.86 bits per heavy atom. The molecule has 0 aliphatic carbocycles. The van der Waals surface area contributed by atoms with Crippen molar-refractivity contribution in [3.05, 3.63) is 35.6 Å². The molecule has 6 heteroatoms. The summed E-state index contributed by atoms with van der Waals surface area (Å²) < 4.78 is 55.5. The van der Waals surface area contributed by atoms with Crippen LogP contribution in [0.5, 0.6) is 0 Å². The monoisotopic (exact) mass is 307 g/mol. The lowest BCUT2D eigenvalue weighted by Crippen LogP contribution is -2.29. The Balaban J connectivity index is 2.59. The molecule has 1 unspecified atom stereocenters. The molecule has 0 fully saturated rings. The highest BCUT2D eigenvalue weighted by atomic mass is 19.4. The van der Waals surface area contributed by atoms with E-state index in [4.69, 9.17) is 4.74 Å². The first-order valence-electron chi connectivity index (χ1n) is 6.96. The van der Waals surface area contributed by atoms with Crippen molar-refractivity contribution >= 4 is 0 Å². The second-order valence-corrected chi connectivity index (χ2v) is 5.16. The van der Waals surface area contributed by atoms with Gasteiger partial charge in [-0.05, 0) is 12.5 Å². The van der Waals surface area contributed by atoms with Crippen LogP contribution in [0.1, 0.15) is 38.4 Å². The molecular formula is C15H21F4NO. The number of rotatable bonds is 8. The minimum atomic E-state index is -4.19. The quantitative estimate of drug-likeness (QED) is 0.573. The van der Waals surface area contributed by atoms with Gasteiger partial charge in [-0.1, -0.05) is 32.0 Å². The van der Waals surface area contributed by atoms with Crippen LogP contribution in [-0.4, -0.2) is 25.4 Å². The predicted octanol–water partition coefficient (Wildman–Crippen LogP) is 4.22. The van der Waals surface area contributed by atoms with Crippen molar-refractivity contribution in [1.82, 2.24) is 5.32 Å². The summed E-state index contributed by atoms with van der Waals surface area (Å²) in [6.45, 7) is 4.16. The molecule has 0 spiro atoms. The highest BCUT2D eigenvalue weighted by Gasteiger charge is 2.26. The summed E-state index contributed by atoms with van der Waals surface area (Å²) in [6.07, 6.45) is -5.81. The van der Waals surface area contributed by atoms with Gasteiger partial charge in [-0.15, -0.1) is 0 Å². The van der Waals surface area contributed by atoms with E-state index in [1.54, 1.807) is 18.2 Å². The minimum absolute atomic E-state index is 0.0573. The van der Waals surface area contributed by atoms with E-state index >= 15 is 0 Å². The molecule has 0 amide bonds. The molecule has 1 aromatic carbocycles. The molecular weight excluding hydrogens is 286 g/mol. The molecule has 120 valence electrons. The summed E-state index contributed by atoms with van der Waals surface area (Å²) in [5.41, 5.74) is 0.359. The van der Waals surface area contributed by atoms with Crippen molar-refractivity contribution in [2.24, 2.45) is 0 Å². The van der Waals surface area contributed by atoms with Crippen LogP contribution in [0, 0.1) is 5.82 Å². The number of ether oxygens (including phenoxy) is 1. The van der Waals surface area contributed by atoms with E-state index in [9.17, 15) is 17.6 Å². The zero-order chi connectivity index (χ0) is 15.9. The summed E-state index contributed by atoms with van der Waals surface area (Å²) in [7, 11) is 0. The third-order valence-corrected chi connectivity index (χ3v) is 2.89. The van der Waals surface area contributed by atoms with E-state index < -0.39 is 24.5 Å². The molecule has 0 bridgehead atoms. The third kappa shape index (κ3) is 7.43. The van der Waals surface area contributed by atoms with Gasteiger partial charge in [-0.25, -0.2) is 4.39 Å². The number of hydrogen-bond acceptors (Lipinski definition) is 2. The highest BCUT2D eigenvalue weighted by molar-refractivity contribution is 5.20. The molecule has 1 aromatic rings. The van der Waals surface area contributed by atoms with E-state index in [0.717, 1.165) is 0 Å². The van der Waals surface area contributed by atoms with Gasteiger partial charge in [-0.3, -0.25) is 0 Å². The van der Waals surface area contributed by atoms with Gasteiger partial charge < -0.3 is 10.1 Å². The Morgan fingerprint density at radius 1 is 1.19 bits per heavy atom. The fraction of sp³-hybridized carbons (Fsp3) is 0.600. The van der Waals surface area contributed by atoms with Gasteiger partial charge in [0.25, 0.3) is 0 Å². The van der Waals surface area contributed by atoms with Gasteiger partial charge in [-0.2, -0.15) is 13.2 Å². The van der Waals surface area contributed by atoms with Crippen molar-refractivity contribution in [3.63, 3.8) is 0 Å². The lowest BCUT2D eigenvalue weighted by Gasteiger charge is -2.21. The standard InChI is InChI=1S/C15H21F4NO/c1-11(2)20-10-14(12-6-3-4-7-13(12)16)21-9-5-8-15(17,18)19/h3-4,6-7,11,14,20H,5,8-10H2,1-2H3. The predicted molar refractivity (Wildman–Crippen MR) is 73.5 cm³/mol. The van der Waals surface area contributed by atoms with E-state index in [0.29, 0.717) is 12.1 Å². The largest absolute Gasteiger partial charge is 0.389 e. The van der Waals surface area contributed by atoms with Gasteiger partial charge >= 0.3 is 6.18 Å². The second-order valence-electron chi connectivity index (χ2n) is 5.16. The number of hydrogen-bond donors (Lipinski definition) is 1. The third-order valence-electron chi connectivity index (χ3n) is 2.89. The first-order chi connectivity index (χ1) is 9.79. The van der Waals surface area contributed by atoms with Crippen LogP contribution in [0.25, 0.3) is 0 Å². The maximum Gasteiger partial charge on any atom is 0.389 e. The fourth-order valence-electron chi connectivity index (χ4n) is 1.84. The molecule has 0 aliphatic heterocycles. The fourth-order valence-corrected chi connectivity index (χ4v) is 1.84. The summed E-state index contributed by atoms with van der Waals surface area (Å²) in [5.74, 6) is -0.413. The molecule has 1 atom stereocenters. The SMILES string of the molecule is CC(C)NCC(OCCCC(F)(F)F)c1ccccc1F. The summed E-state index contributed by atoms with van der Waals surface area (Å²) in [6, 6.07) is 6.33. The second kappa shape index (κ2) is 8.34. The van der Waals surface area contributed by atoms with Gasteiger partial charge in [0.1, 0.15) is 5.82 Å². The Hall–Kier alpha value is -1.14. The first-order valence-corrected chi connectivity index (χ1v) is 6.96. The van der Waals surface area contributed by atoms with E-state index in [1.165, 1.54) is 6.07 Å². The summed E-state index contributed by atoms with van der Waals surface area (Å²) in [5, 5.41) is 3.11. The molecule has 0 aliphatic rings. The molecule has 0 saturated heterocycles. The van der Waals surface area contributed by atoms with Crippen LogP contribution in [0.4, 0.5) is 17.6 Å². The minimum Gasteiger partial charge on any atom is -0.372 e. The normalized spacial score (nSPS) is 13.7. The van der Waals surface area contributed by atoms with Crippen LogP contribution in [0.3, 0.4) is 0 Å². The maximum atomic E-state index is 13.8. The van der Waals surface area contributed by atoms with Crippen LogP contribution < -0.4 is 5.32 Å². The average molecular weight is 307 g/mol. The van der Waals surface area contributed by atoms with Gasteiger partial charge in [0, 0.05) is 31.2 Å². The molecule has 0 radical (unpaired) electrons. The zero-order valence-corrected chi connectivity index (χ0v) is 12.2. The summed E-state index contributed by atoms with van der Waals surface area (Å²) >= 11 is 0. The maximum absolute atomic E-state index is 13.8. The van der Waals surface area contributed by atoms with Crippen molar-refractivity contribution in [2.45, 2.75) is 45.0 Å². The highest BCUT2D eigenvalue weighted by Crippen LogP contribution is 2.24.